The second kappa shape index (κ2) is 7.21. The van der Waals surface area contributed by atoms with Crippen LogP contribution in [-0.4, -0.2) is 51.3 Å². The lowest BCUT2D eigenvalue weighted by molar-refractivity contribution is -0.136. The minimum absolute atomic E-state index is 0.0395. The Balaban J connectivity index is 2.42. The molecule has 0 aromatic heterocycles. The Hall–Kier alpha value is -2.44. The highest BCUT2D eigenvalue weighted by Crippen LogP contribution is 2.38. The van der Waals surface area contributed by atoms with Crippen molar-refractivity contribution in [2.75, 3.05) is 34.5 Å². The van der Waals surface area contributed by atoms with Crippen molar-refractivity contribution >= 4 is 11.8 Å². The quantitative estimate of drug-likeness (QED) is 0.800. The molecule has 0 radical (unpaired) electrons. The Kier molecular flexibility index (Phi) is 5.31. The molecule has 7 nitrogen and oxygen atoms in total. The lowest BCUT2D eigenvalue weighted by Gasteiger charge is -2.25. The van der Waals surface area contributed by atoms with Crippen molar-refractivity contribution in [3.8, 4) is 17.2 Å². The van der Waals surface area contributed by atoms with Gasteiger partial charge in [-0.2, -0.15) is 0 Å². The van der Waals surface area contributed by atoms with E-state index in [1.165, 1.54) is 12.1 Å². The largest absolute Gasteiger partial charge is 0.493 e. The summed E-state index contributed by atoms with van der Waals surface area (Å²) >= 11 is 0. The van der Waals surface area contributed by atoms with Crippen molar-refractivity contribution in [3.05, 3.63) is 17.7 Å². The third kappa shape index (κ3) is 3.67. The minimum Gasteiger partial charge on any atom is -0.493 e. The van der Waals surface area contributed by atoms with Crippen molar-refractivity contribution in [2.24, 2.45) is 11.0 Å². The summed E-state index contributed by atoms with van der Waals surface area (Å²) in [6.07, 6.45) is 0. The number of rotatable bonds is 6. The van der Waals surface area contributed by atoms with Crippen LogP contribution in [0.4, 0.5) is 0 Å². The maximum Gasteiger partial charge on any atom is 0.280 e. The van der Waals surface area contributed by atoms with E-state index in [9.17, 15) is 4.79 Å². The standard InChI is InChI=1S/C16H22N2O5/c1-10(2)8-18-14(19)9-23-16(17-18)11-6-12(20-3)15(22-5)13(7-11)21-4/h6-7,10H,8-9H2,1-5H3. The van der Waals surface area contributed by atoms with Crippen molar-refractivity contribution in [1.29, 1.82) is 0 Å². The van der Waals surface area contributed by atoms with Gasteiger partial charge in [0.1, 0.15) is 0 Å². The fourth-order valence-corrected chi connectivity index (χ4v) is 2.23. The molecule has 23 heavy (non-hydrogen) atoms. The van der Waals surface area contributed by atoms with Gasteiger partial charge in [-0.1, -0.05) is 13.8 Å². The molecular formula is C16H22N2O5. The van der Waals surface area contributed by atoms with Crippen molar-refractivity contribution in [2.45, 2.75) is 13.8 Å². The number of methoxy groups -OCH3 is 3. The number of hydrogen-bond acceptors (Lipinski definition) is 6. The highest BCUT2D eigenvalue weighted by Gasteiger charge is 2.25. The van der Waals surface area contributed by atoms with E-state index in [-0.39, 0.29) is 12.5 Å². The van der Waals surface area contributed by atoms with Gasteiger partial charge in [-0.05, 0) is 18.1 Å². The van der Waals surface area contributed by atoms with E-state index in [0.717, 1.165) is 0 Å². The van der Waals surface area contributed by atoms with Gasteiger partial charge in [0.25, 0.3) is 5.91 Å². The Morgan fingerprint density at radius 3 is 2.26 bits per heavy atom. The predicted molar refractivity (Wildman–Crippen MR) is 85.1 cm³/mol. The zero-order valence-electron chi connectivity index (χ0n) is 14.1. The summed E-state index contributed by atoms with van der Waals surface area (Å²) in [4.78, 5) is 11.9. The molecule has 0 unspecified atom stereocenters. The summed E-state index contributed by atoms with van der Waals surface area (Å²) in [6, 6.07) is 3.48. The van der Waals surface area contributed by atoms with Gasteiger partial charge < -0.3 is 18.9 Å². The van der Waals surface area contributed by atoms with Crippen LogP contribution in [0, 0.1) is 5.92 Å². The zero-order chi connectivity index (χ0) is 17.0. The average Bonchev–Trinajstić information content (AvgIpc) is 2.54. The molecule has 0 spiro atoms. The molecule has 1 aromatic rings. The van der Waals surface area contributed by atoms with Crippen molar-refractivity contribution < 1.29 is 23.7 Å². The number of amides is 1. The molecule has 0 fully saturated rings. The van der Waals surface area contributed by atoms with Crippen LogP contribution >= 0.6 is 0 Å². The van der Waals surface area contributed by atoms with Gasteiger partial charge in [0.05, 0.1) is 21.3 Å². The molecule has 1 heterocycles. The van der Waals surface area contributed by atoms with Crippen molar-refractivity contribution in [1.82, 2.24) is 5.01 Å². The van der Waals surface area contributed by atoms with Gasteiger partial charge in [-0.3, -0.25) is 4.79 Å². The summed E-state index contributed by atoms with van der Waals surface area (Å²) in [5.74, 6) is 1.99. The van der Waals surface area contributed by atoms with Crippen LogP contribution in [0.15, 0.2) is 17.2 Å². The van der Waals surface area contributed by atoms with Crippen LogP contribution in [0.2, 0.25) is 0 Å². The molecule has 2 rings (SSSR count). The van der Waals surface area contributed by atoms with E-state index >= 15 is 0 Å². The predicted octanol–water partition coefficient (Wildman–Crippen LogP) is 1.89. The number of ether oxygens (including phenoxy) is 4. The van der Waals surface area contributed by atoms with Crippen LogP contribution in [-0.2, 0) is 9.53 Å². The summed E-state index contributed by atoms with van der Waals surface area (Å²) < 4.78 is 21.4. The molecule has 1 amide bonds. The number of benzene rings is 1. The number of hydrogen-bond donors (Lipinski definition) is 0. The van der Waals surface area contributed by atoms with E-state index in [4.69, 9.17) is 18.9 Å². The molecule has 1 aromatic carbocycles. The van der Waals surface area contributed by atoms with Gasteiger partial charge in [0.2, 0.25) is 11.6 Å². The zero-order valence-corrected chi connectivity index (χ0v) is 14.1. The Labute approximate surface area is 135 Å². The number of carbonyl (C=O) groups excluding carboxylic acids is 1. The van der Waals surface area contributed by atoms with Gasteiger partial charge >= 0.3 is 0 Å². The third-order valence-corrected chi connectivity index (χ3v) is 3.28. The Bertz CT molecular complexity index is 587. The highest BCUT2D eigenvalue weighted by molar-refractivity contribution is 5.99. The van der Waals surface area contributed by atoms with Crippen LogP contribution in [0.3, 0.4) is 0 Å². The first-order chi connectivity index (χ1) is 11.0. The first-order valence-corrected chi connectivity index (χ1v) is 7.32. The lowest BCUT2D eigenvalue weighted by atomic mass is 10.1. The maximum atomic E-state index is 11.9. The summed E-state index contributed by atoms with van der Waals surface area (Å²) in [7, 11) is 4.62. The minimum atomic E-state index is -0.158. The fraction of sp³-hybridized carbons (Fsp3) is 0.500. The smallest absolute Gasteiger partial charge is 0.280 e. The van der Waals surface area contributed by atoms with E-state index < -0.39 is 0 Å². The van der Waals surface area contributed by atoms with Crippen LogP contribution in [0.25, 0.3) is 0 Å². The molecule has 1 aliphatic heterocycles. The molecular weight excluding hydrogens is 300 g/mol. The summed E-state index contributed by atoms with van der Waals surface area (Å²) in [6.45, 7) is 4.55. The van der Waals surface area contributed by atoms with Gasteiger partial charge in [0.15, 0.2) is 18.1 Å². The molecule has 0 aliphatic carbocycles. The van der Waals surface area contributed by atoms with Gasteiger partial charge in [-0.25, -0.2) is 5.01 Å². The molecule has 0 atom stereocenters. The molecule has 0 N–H and O–H groups in total. The molecule has 1 aliphatic rings. The van der Waals surface area contributed by atoms with E-state index in [0.29, 0.717) is 41.2 Å². The van der Waals surface area contributed by atoms with Gasteiger partial charge in [-0.15, -0.1) is 5.10 Å². The van der Waals surface area contributed by atoms with E-state index in [2.05, 4.69) is 5.10 Å². The average molecular weight is 322 g/mol. The maximum absolute atomic E-state index is 11.9. The number of carbonyl (C=O) groups is 1. The normalized spacial score (nSPS) is 14.4. The van der Waals surface area contributed by atoms with E-state index in [1.54, 1.807) is 26.4 Å². The third-order valence-electron chi connectivity index (χ3n) is 3.28. The topological polar surface area (TPSA) is 69.6 Å². The molecule has 0 saturated carbocycles. The molecule has 0 saturated heterocycles. The first-order valence-electron chi connectivity index (χ1n) is 7.32. The molecule has 0 bridgehead atoms. The lowest BCUT2D eigenvalue weighted by Crippen LogP contribution is -2.38. The van der Waals surface area contributed by atoms with Crippen molar-refractivity contribution in [3.63, 3.8) is 0 Å². The number of hydrazone groups is 1. The monoisotopic (exact) mass is 322 g/mol. The number of nitrogens with zero attached hydrogens (tertiary/aromatic N) is 2. The van der Waals surface area contributed by atoms with E-state index in [1.807, 2.05) is 13.8 Å². The summed E-state index contributed by atoms with van der Waals surface area (Å²) in [5.41, 5.74) is 0.653. The second-order valence-corrected chi connectivity index (χ2v) is 5.48. The first kappa shape index (κ1) is 16.9. The second-order valence-electron chi connectivity index (χ2n) is 5.48. The van der Waals surface area contributed by atoms with Crippen LogP contribution < -0.4 is 14.2 Å². The SMILES string of the molecule is COc1cc(C2=NN(CC(C)C)C(=O)CO2)cc(OC)c1OC. The molecule has 126 valence electrons. The fourth-order valence-electron chi connectivity index (χ4n) is 2.23. The highest BCUT2D eigenvalue weighted by atomic mass is 16.5. The Morgan fingerprint density at radius 2 is 1.78 bits per heavy atom. The summed E-state index contributed by atoms with van der Waals surface area (Å²) in [5, 5.41) is 5.74. The van der Waals surface area contributed by atoms with Gasteiger partial charge in [0, 0.05) is 12.1 Å². The Morgan fingerprint density at radius 1 is 1.17 bits per heavy atom. The van der Waals surface area contributed by atoms with Crippen LogP contribution in [0.5, 0.6) is 17.2 Å². The molecule has 7 heteroatoms. The van der Waals surface area contributed by atoms with Crippen LogP contribution in [0.1, 0.15) is 19.4 Å².